The highest BCUT2D eigenvalue weighted by atomic mass is 32.1. The van der Waals surface area contributed by atoms with Crippen LogP contribution in [0.15, 0.2) is 18.3 Å². The molecule has 3 heterocycles. The SMILES string of the molecule is CCn1nc(-c2ccc(C)nc2)c2c1-c1sc(NC(C)=O)nc1CC2. The first-order valence-corrected chi connectivity index (χ1v) is 9.18. The first-order chi connectivity index (χ1) is 12.1. The Morgan fingerprint density at radius 1 is 1.36 bits per heavy atom. The van der Waals surface area contributed by atoms with Crippen LogP contribution in [0.3, 0.4) is 0 Å². The molecule has 7 heteroatoms. The van der Waals surface area contributed by atoms with Gasteiger partial charge in [-0.05, 0) is 38.8 Å². The highest BCUT2D eigenvalue weighted by molar-refractivity contribution is 7.19. The molecule has 128 valence electrons. The molecule has 25 heavy (non-hydrogen) atoms. The van der Waals surface area contributed by atoms with Gasteiger partial charge in [0.05, 0.1) is 22.0 Å². The second-order valence-corrected chi connectivity index (χ2v) is 7.15. The van der Waals surface area contributed by atoms with Crippen LogP contribution in [-0.4, -0.2) is 25.7 Å². The Morgan fingerprint density at radius 3 is 2.88 bits per heavy atom. The fourth-order valence-electron chi connectivity index (χ4n) is 3.21. The second kappa shape index (κ2) is 6.07. The quantitative estimate of drug-likeness (QED) is 0.783. The van der Waals surface area contributed by atoms with Crippen LogP contribution >= 0.6 is 11.3 Å². The molecule has 0 aliphatic heterocycles. The minimum absolute atomic E-state index is 0.0956. The molecular formula is C18H19N5OS. The van der Waals surface area contributed by atoms with Crippen LogP contribution in [0, 0.1) is 6.92 Å². The van der Waals surface area contributed by atoms with Crippen LogP contribution in [0.2, 0.25) is 0 Å². The zero-order chi connectivity index (χ0) is 17.6. The Bertz CT molecular complexity index is 955. The number of nitrogens with one attached hydrogen (secondary N) is 1. The van der Waals surface area contributed by atoms with Crippen molar-refractivity contribution in [1.82, 2.24) is 19.7 Å². The molecule has 0 spiro atoms. The highest BCUT2D eigenvalue weighted by Crippen LogP contribution is 2.42. The lowest BCUT2D eigenvalue weighted by molar-refractivity contribution is -0.114. The monoisotopic (exact) mass is 353 g/mol. The Hall–Kier alpha value is -2.54. The molecular weight excluding hydrogens is 334 g/mol. The second-order valence-electron chi connectivity index (χ2n) is 6.16. The van der Waals surface area contributed by atoms with Crippen molar-refractivity contribution in [3.05, 3.63) is 35.3 Å². The maximum Gasteiger partial charge on any atom is 0.223 e. The molecule has 0 fully saturated rings. The number of thiazole rings is 1. The molecule has 0 saturated carbocycles. The standard InChI is InChI=1S/C18H19N5OS/c1-4-23-16-13(15(22-23)12-6-5-10(2)19-9-12)7-8-14-17(16)25-18(21-14)20-11(3)24/h5-6,9H,4,7-8H2,1-3H3,(H,20,21,24). The smallest absolute Gasteiger partial charge is 0.223 e. The molecule has 1 aliphatic carbocycles. The summed E-state index contributed by atoms with van der Waals surface area (Å²) < 4.78 is 2.04. The van der Waals surface area contributed by atoms with E-state index in [9.17, 15) is 4.79 Å². The van der Waals surface area contributed by atoms with E-state index in [-0.39, 0.29) is 5.91 Å². The average molecular weight is 353 g/mol. The van der Waals surface area contributed by atoms with Gasteiger partial charge in [0.15, 0.2) is 5.13 Å². The summed E-state index contributed by atoms with van der Waals surface area (Å²) in [5, 5.41) is 8.31. The topological polar surface area (TPSA) is 72.7 Å². The summed E-state index contributed by atoms with van der Waals surface area (Å²) in [5.74, 6) is -0.0956. The number of rotatable bonds is 3. The van der Waals surface area contributed by atoms with Gasteiger partial charge in [-0.25, -0.2) is 4.98 Å². The van der Waals surface area contributed by atoms with E-state index in [2.05, 4.69) is 28.3 Å². The van der Waals surface area contributed by atoms with E-state index in [0.29, 0.717) is 5.13 Å². The third-order valence-corrected chi connectivity index (χ3v) is 5.36. The third kappa shape index (κ3) is 2.74. The molecule has 0 saturated heterocycles. The van der Waals surface area contributed by atoms with Gasteiger partial charge in [0.2, 0.25) is 5.91 Å². The number of aryl methyl sites for hydroxylation is 3. The van der Waals surface area contributed by atoms with Gasteiger partial charge >= 0.3 is 0 Å². The highest BCUT2D eigenvalue weighted by Gasteiger charge is 2.28. The zero-order valence-electron chi connectivity index (χ0n) is 14.5. The lowest BCUT2D eigenvalue weighted by atomic mass is 9.95. The lowest BCUT2D eigenvalue weighted by Gasteiger charge is -2.13. The summed E-state index contributed by atoms with van der Waals surface area (Å²) in [5.41, 5.74) is 6.47. The molecule has 1 amide bonds. The summed E-state index contributed by atoms with van der Waals surface area (Å²) in [6.07, 6.45) is 3.65. The van der Waals surface area contributed by atoms with Crippen LogP contribution in [0.4, 0.5) is 5.13 Å². The van der Waals surface area contributed by atoms with Crippen molar-refractivity contribution < 1.29 is 4.79 Å². The van der Waals surface area contributed by atoms with Crippen LogP contribution in [0.5, 0.6) is 0 Å². The number of hydrogen-bond acceptors (Lipinski definition) is 5. The van der Waals surface area contributed by atoms with E-state index in [4.69, 9.17) is 5.10 Å². The summed E-state index contributed by atoms with van der Waals surface area (Å²) in [7, 11) is 0. The predicted molar refractivity (Wildman–Crippen MR) is 98.7 cm³/mol. The molecule has 6 nitrogen and oxygen atoms in total. The maximum absolute atomic E-state index is 11.3. The zero-order valence-corrected chi connectivity index (χ0v) is 15.3. The number of carbonyl (C=O) groups is 1. The van der Waals surface area contributed by atoms with Crippen molar-refractivity contribution in [2.75, 3.05) is 5.32 Å². The molecule has 0 aromatic carbocycles. The molecule has 3 aromatic heterocycles. The van der Waals surface area contributed by atoms with Gasteiger partial charge in [-0.3, -0.25) is 14.5 Å². The van der Waals surface area contributed by atoms with Crippen LogP contribution in [0.1, 0.15) is 30.8 Å². The van der Waals surface area contributed by atoms with Crippen molar-refractivity contribution in [3.63, 3.8) is 0 Å². The molecule has 1 N–H and O–H groups in total. The number of pyridine rings is 1. The minimum Gasteiger partial charge on any atom is -0.302 e. The maximum atomic E-state index is 11.3. The largest absolute Gasteiger partial charge is 0.302 e. The lowest BCUT2D eigenvalue weighted by Crippen LogP contribution is -2.07. The van der Waals surface area contributed by atoms with E-state index < -0.39 is 0 Å². The number of fused-ring (bicyclic) bond motifs is 3. The molecule has 3 aromatic rings. The molecule has 0 bridgehead atoms. The Morgan fingerprint density at radius 2 is 2.20 bits per heavy atom. The van der Waals surface area contributed by atoms with Crippen molar-refractivity contribution in [2.45, 2.75) is 40.2 Å². The average Bonchev–Trinajstić information content (AvgIpc) is 3.15. The fraction of sp³-hybridized carbons (Fsp3) is 0.333. The molecule has 0 unspecified atom stereocenters. The van der Waals surface area contributed by atoms with E-state index in [0.717, 1.165) is 52.6 Å². The number of nitrogens with zero attached hydrogens (tertiary/aromatic N) is 4. The number of aromatic nitrogens is 4. The molecule has 0 radical (unpaired) electrons. The van der Waals surface area contributed by atoms with Crippen LogP contribution in [-0.2, 0) is 24.2 Å². The first kappa shape index (κ1) is 16.0. The third-order valence-electron chi connectivity index (χ3n) is 4.34. The Labute approximate surface area is 149 Å². The number of carbonyl (C=O) groups excluding carboxylic acids is 1. The van der Waals surface area contributed by atoms with Gasteiger partial charge in [-0.1, -0.05) is 11.3 Å². The Kier molecular flexibility index (Phi) is 3.88. The van der Waals surface area contributed by atoms with E-state index in [1.807, 2.05) is 23.9 Å². The van der Waals surface area contributed by atoms with Crippen LogP contribution < -0.4 is 5.32 Å². The molecule has 0 atom stereocenters. The van der Waals surface area contributed by atoms with Gasteiger partial charge in [0.1, 0.15) is 0 Å². The summed E-state index contributed by atoms with van der Waals surface area (Å²) in [6.45, 7) is 6.37. The summed E-state index contributed by atoms with van der Waals surface area (Å²) >= 11 is 1.53. The van der Waals surface area contributed by atoms with Crippen molar-refractivity contribution in [1.29, 1.82) is 0 Å². The van der Waals surface area contributed by atoms with E-state index >= 15 is 0 Å². The molecule has 1 aliphatic rings. The van der Waals surface area contributed by atoms with Gasteiger partial charge in [-0.2, -0.15) is 5.10 Å². The minimum atomic E-state index is -0.0956. The Balaban J connectivity index is 1.85. The molecule has 4 rings (SSSR count). The summed E-state index contributed by atoms with van der Waals surface area (Å²) in [6, 6.07) is 4.10. The number of hydrogen-bond donors (Lipinski definition) is 1. The van der Waals surface area contributed by atoms with Gasteiger partial charge < -0.3 is 5.32 Å². The van der Waals surface area contributed by atoms with E-state index in [1.54, 1.807) is 0 Å². The number of amides is 1. The predicted octanol–water partition coefficient (Wildman–Crippen LogP) is 3.45. The van der Waals surface area contributed by atoms with Gasteiger partial charge in [0, 0.05) is 36.5 Å². The van der Waals surface area contributed by atoms with Gasteiger partial charge in [-0.15, -0.1) is 0 Å². The van der Waals surface area contributed by atoms with Crippen molar-refractivity contribution >= 4 is 22.4 Å². The van der Waals surface area contributed by atoms with Crippen LogP contribution in [0.25, 0.3) is 21.8 Å². The normalized spacial score (nSPS) is 12.6. The van der Waals surface area contributed by atoms with Crippen molar-refractivity contribution in [2.24, 2.45) is 0 Å². The van der Waals surface area contributed by atoms with Crippen molar-refractivity contribution in [3.8, 4) is 21.8 Å². The first-order valence-electron chi connectivity index (χ1n) is 8.37. The van der Waals surface area contributed by atoms with E-state index in [1.165, 1.54) is 23.8 Å². The summed E-state index contributed by atoms with van der Waals surface area (Å²) in [4.78, 5) is 21.5. The fourth-order valence-corrected chi connectivity index (χ4v) is 4.35. The number of anilines is 1. The van der Waals surface area contributed by atoms with Gasteiger partial charge in [0.25, 0.3) is 0 Å².